The molecule has 4 heteroatoms. The number of allylic oxidation sites excluding steroid dienone is 1. The van der Waals surface area contributed by atoms with Gasteiger partial charge in [0.2, 0.25) is 0 Å². The van der Waals surface area contributed by atoms with E-state index in [4.69, 9.17) is 17.3 Å². The Morgan fingerprint density at radius 1 is 1.14 bits per heavy atom. The summed E-state index contributed by atoms with van der Waals surface area (Å²) in [4.78, 5) is 2.36. The minimum absolute atomic E-state index is 0. The molecule has 112 valence electrons. The van der Waals surface area contributed by atoms with Gasteiger partial charge in [0.05, 0.1) is 0 Å². The third kappa shape index (κ3) is 5.40. The second-order valence-electron chi connectivity index (χ2n) is 4.57. The highest BCUT2D eigenvalue weighted by molar-refractivity contribution is 7.99. The van der Waals surface area contributed by atoms with E-state index in [1.165, 1.54) is 10.5 Å². The van der Waals surface area contributed by atoms with E-state index < -0.39 is 0 Å². The summed E-state index contributed by atoms with van der Waals surface area (Å²) in [5, 5.41) is 0.755. The van der Waals surface area contributed by atoms with Gasteiger partial charge in [0.1, 0.15) is 0 Å². The van der Waals surface area contributed by atoms with E-state index in [0.29, 0.717) is 0 Å². The molecule has 2 aromatic rings. The molecule has 21 heavy (non-hydrogen) atoms. The first-order valence-electron chi connectivity index (χ1n) is 6.59. The van der Waals surface area contributed by atoms with Gasteiger partial charge in [0, 0.05) is 20.9 Å². The topological polar surface area (TPSA) is 26.0 Å². The Kier molecular flexibility index (Phi) is 7.91. The summed E-state index contributed by atoms with van der Waals surface area (Å²) < 4.78 is 0. The van der Waals surface area contributed by atoms with E-state index in [1.54, 1.807) is 11.8 Å². The highest BCUT2D eigenvalue weighted by atomic mass is 35.5. The third-order valence-electron chi connectivity index (χ3n) is 3.04. The van der Waals surface area contributed by atoms with Gasteiger partial charge in [-0.1, -0.05) is 47.6 Å². The maximum absolute atomic E-state index is 6.28. The Bertz CT molecular complexity index is 569. The minimum Gasteiger partial charge on any atom is -0.324 e. The normalized spacial score (nSPS) is 11.5. The highest BCUT2D eigenvalue weighted by Gasteiger charge is 2.11. The van der Waals surface area contributed by atoms with Crippen LogP contribution < -0.4 is 5.73 Å². The number of benzene rings is 2. The van der Waals surface area contributed by atoms with Gasteiger partial charge in [-0.25, -0.2) is 0 Å². The van der Waals surface area contributed by atoms with E-state index in [1.807, 2.05) is 42.5 Å². The molecule has 0 unspecified atom stereocenters. The molecule has 2 rings (SSSR count). The van der Waals surface area contributed by atoms with Crippen molar-refractivity contribution in [1.29, 1.82) is 0 Å². The standard InChI is InChI=1S/C17H18ClNS.ClH/c1-2-3-7-16(19)15-6-4-5-8-17(15)20-14-11-9-13(18)10-12-14;/h2,4-6,8-12,16H,1,3,7,19H2;1H/t16-;/m0./s1. The molecule has 1 atom stereocenters. The first-order chi connectivity index (χ1) is 9.70. The molecule has 0 spiro atoms. The maximum atomic E-state index is 6.28. The molecule has 2 N–H and O–H groups in total. The molecule has 0 saturated carbocycles. The lowest BCUT2D eigenvalue weighted by atomic mass is 10.0. The lowest BCUT2D eigenvalue weighted by Gasteiger charge is -2.15. The number of halogens is 2. The first-order valence-corrected chi connectivity index (χ1v) is 7.79. The van der Waals surface area contributed by atoms with Crippen molar-refractivity contribution in [3.05, 3.63) is 71.8 Å². The van der Waals surface area contributed by atoms with Crippen LogP contribution >= 0.6 is 35.8 Å². The predicted molar refractivity (Wildman–Crippen MR) is 95.6 cm³/mol. The van der Waals surface area contributed by atoms with Crippen molar-refractivity contribution >= 4 is 35.8 Å². The first kappa shape index (κ1) is 18.1. The molecule has 0 fully saturated rings. The van der Waals surface area contributed by atoms with Crippen LogP contribution in [0.15, 0.2) is 71.0 Å². The molecule has 0 aliphatic carbocycles. The Morgan fingerprint density at radius 3 is 2.48 bits per heavy atom. The van der Waals surface area contributed by atoms with E-state index in [2.05, 4.69) is 18.7 Å². The smallest absolute Gasteiger partial charge is 0.0406 e. The van der Waals surface area contributed by atoms with Gasteiger partial charge >= 0.3 is 0 Å². The lowest BCUT2D eigenvalue weighted by molar-refractivity contribution is 0.650. The number of hydrogen-bond acceptors (Lipinski definition) is 2. The largest absolute Gasteiger partial charge is 0.324 e. The van der Waals surface area contributed by atoms with Gasteiger partial charge < -0.3 is 5.73 Å². The molecule has 1 nitrogen and oxygen atoms in total. The van der Waals surface area contributed by atoms with Gasteiger partial charge in [-0.15, -0.1) is 19.0 Å². The molecule has 0 aromatic heterocycles. The van der Waals surface area contributed by atoms with Crippen molar-refractivity contribution in [2.75, 3.05) is 0 Å². The SMILES string of the molecule is C=CCC[C@H](N)c1ccccc1Sc1ccc(Cl)cc1.Cl. The molecule has 0 radical (unpaired) electrons. The molecular weight excluding hydrogens is 321 g/mol. The third-order valence-corrected chi connectivity index (χ3v) is 4.39. The predicted octanol–water partition coefficient (Wildman–Crippen LogP) is 5.88. The Hall–Kier alpha value is -0.930. The fraction of sp³-hybridized carbons (Fsp3) is 0.176. The van der Waals surface area contributed by atoms with Crippen LogP contribution in [-0.4, -0.2) is 0 Å². The second kappa shape index (κ2) is 9.16. The summed E-state index contributed by atoms with van der Waals surface area (Å²) >= 11 is 7.64. The van der Waals surface area contributed by atoms with Crippen LogP contribution in [0, 0.1) is 0 Å². The summed E-state index contributed by atoms with van der Waals surface area (Å²) in [5.74, 6) is 0. The van der Waals surface area contributed by atoms with E-state index in [0.717, 1.165) is 22.8 Å². The average Bonchev–Trinajstić information content (AvgIpc) is 2.48. The summed E-state index contributed by atoms with van der Waals surface area (Å²) in [6.45, 7) is 3.75. The van der Waals surface area contributed by atoms with Crippen LogP contribution in [-0.2, 0) is 0 Å². The average molecular weight is 340 g/mol. The lowest BCUT2D eigenvalue weighted by Crippen LogP contribution is -2.10. The van der Waals surface area contributed by atoms with Crippen molar-refractivity contribution in [2.45, 2.75) is 28.7 Å². The van der Waals surface area contributed by atoms with E-state index in [-0.39, 0.29) is 18.4 Å². The fourth-order valence-electron chi connectivity index (χ4n) is 1.96. The second-order valence-corrected chi connectivity index (χ2v) is 6.12. The van der Waals surface area contributed by atoms with Crippen molar-refractivity contribution in [1.82, 2.24) is 0 Å². The molecule has 0 saturated heterocycles. The zero-order chi connectivity index (χ0) is 14.4. The van der Waals surface area contributed by atoms with Crippen LogP contribution in [0.1, 0.15) is 24.4 Å². The van der Waals surface area contributed by atoms with Crippen molar-refractivity contribution < 1.29 is 0 Å². The van der Waals surface area contributed by atoms with Gasteiger partial charge in [0.15, 0.2) is 0 Å². The number of nitrogens with two attached hydrogens (primary N) is 1. The molecule has 2 aromatic carbocycles. The number of rotatable bonds is 6. The van der Waals surface area contributed by atoms with Crippen LogP contribution in [0.4, 0.5) is 0 Å². The van der Waals surface area contributed by atoms with E-state index in [9.17, 15) is 0 Å². The number of hydrogen-bond donors (Lipinski definition) is 1. The zero-order valence-corrected chi connectivity index (χ0v) is 14.1. The Morgan fingerprint density at radius 2 is 1.81 bits per heavy atom. The van der Waals surface area contributed by atoms with Gasteiger partial charge in [0.25, 0.3) is 0 Å². The van der Waals surface area contributed by atoms with Crippen LogP contribution in [0.3, 0.4) is 0 Å². The summed E-state index contributed by atoms with van der Waals surface area (Å²) in [5.41, 5.74) is 7.47. The van der Waals surface area contributed by atoms with E-state index >= 15 is 0 Å². The molecule has 0 aliphatic rings. The fourth-order valence-corrected chi connectivity index (χ4v) is 3.10. The van der Waals surface area contributed by atoms with Gasteiger partial charge in [-0.3, -0.25) is 0 Å². The van der Waals surface area contributed by atoms with Crippen molar-refractivity contribution in [3.63, 3.8) is 0 Å². The van der Waals surface area contributed by atoms with Crippen LogP contribution in [0.2, 0.25) is 5.02 Å². The highest BCUT2D eigenvalue weighted by Crippen LogP contribution is 2.34. The molecule has 0 amide bonds. The Balaban J connectivity index is 0.00000220. The van der Waals surface area contributed by atoms with Crippen molar-refractivity contribution in [2.24, 2.45) is 5.73 Å². The van der Waals surface area contributed by atoms with Crippen LogP contribution in [0.5, 0.6) is 0 Å². The molecule has 0 aliphatic heterocycles. The monoisotopic (exact) mass is 339 g/mol. The van der Waals surface area contributed by atoms with Crippen molar-refractivity contribution in [3.8, 4) is 0 Å². The minimum atomic E-state index is 0. The quantitative estimate of drug-likeness (QED) is 0.665. The maximum Gasteiger partial charge on any atom is 0.0406 e. The summed E-state index contributed by atoms with van der Waals surface area (Å²) in [7, 11) is 0. The van der Waals surface area contributed by atoms with Crippen LogP contribution in [0.25, 0.3) is 0 Å². The summed E-state index contributed by atoms with van der Waals surface area (Å²) in [6, 6.07) is 16.2. The van der Waals surface area contributed by atoms with Gasteiger partial charge in [-0.2, -0.15) is 0 Å². The molecule has 0 heterocycles. The van der Waals surface area contributed by atoms with Gasteiger partial charge in [-0.05, 0) is 48.7 Å². The zero-order valence-electron chi connectivity index (χ0n) is 11.7. The molecular formula is C17H19Cl2NS. The summed E-state index contributed by atoms with van der Waals surface area (Å²) in [6.07, 6.45) is 3.76. The Labute approximate surface area is 142 Å². The molecule has 0 bridgehead atoms.